The molecule has 0 radical (unpaired) electrons. The molecule has 1 atom stereocenters. The van der Waals surface area contributed by atoms with Crippen molar-refractivity contribution in [1.29, 1.82) is 0 Å². The molecule has 1 unspecified atom stereocenters. The number of aryl methyl sites for hydroxylation is 1. The quantitative estimate of drug-likeness (QED) is 0.870. The molecule has 0 bridgehead atoms. The minimum atomic E-state index is -1.50. The first-order valence-electron chi connectivity index (χ1n) is 6.16. The van der Waals surface area contributed by atoms with Crippen molar-refractivity contribution in [3.8, 4) is 0 Å². The Morgan fingerprint density at radius 3 is 2.75 bits per heavy atom. The Bertz CT molecular complexity index is 651. The lowest BCUT2D eigenvalue weighted by Crippen LogP contribution is -2.43. The molecule has 0 spiro atoms. The fourth-order valence-electron chi connectivity index (χ4n) is 2.11. The Labute approximate surface area is 115 Å². The van der Waals surface area contributed by atoms with Crippen LogP contribution in [0.2, 0.25) is 0 Å². The average molecular weight is 278 g/mol. The zero-order valence-electron chi connectivity index (χ0n) is 11.0. The first kappa shape index (κ1) is 14.0. The van der Waals surface area contributed by atoms with Gasteiger partial charge in [0, 0.05) is 11.2 Å². The summed E-state index contributed by atoms with van der Waals surface area (Å²) in [5.74, 6) is -1.91. The van der Waals surface area contributed by atoms with Crippen LogP contribution in [0.15, 0.2) is 30.3 Å². The molecule has 0 saturated heterocycles. The first-order valence-corrected chi connectivity index (χ1v) is 6.16. The van der Waals surface area contributed by atoms with E-state index in [1.165, 1.54) is 0 Å². The van der Waals surface area contributed by atoms with E-state index in [9.17, 15) is 14.0 Å². The number of carboxylic acids is 1. The molecule has 1 aromatic carbocycles. The number of fused-ring (bicyclic) bond motifs is 1. The number of rotatable bonds is 5. The lowest BCUT2D eigenvalue weighted by molar-refractivity contribution is -0.142. The number of para-hydroxylation sites is 1. The van der Waals surface area contributed by atoms with Gasteiger partial charge in [-0.25, -0.2) is 9.18 Å². The van der Waals surface area contributed by atoms with Crippen LogP contribution in [0.4, 0.5) is 4.39 Å². The van der Waals surface area contributed by atoms with Crippen LogP contribution in [0.1, 0.15) is 5.69 Å². The zero-order valence-corrected chi connectivity index (χ0v) is 11.0. The van der Waals surface area contributed by atoms with Gasteiger partial charge in [-0.3, -0.25) is 4.79 Å². The summed E-state index contributed by atoms with van der Waals surface area (Å²) < 4.78 is 14.2. The number of halogens is 1. The number of hydrogen-bond acceptors (Lipinski definition) is 2. The number of nitrogens with one attached hydrogen (secondary N) is 1. The van der Waals surface area contributed by atoms with Gasteiger partial charge in [0.05, 0.1) is 0 Å². The van der Waals surface area contributed by atoms with Crippen LogP contribution in [0.5, 0.6) is 0 Å². The minimum absolute atomic E-state index is 0.0386. The Balaban J connectivity index is 2.18. The SMILES string of the molecule is Cc1cc2ccccc2n1CC(=O)NC(CF)C(=O)O. The summed E-state index contributed by atoms with van der Waals surface area (Å²) in [6.45, 7) is 0.687. The minimum Gasteiger partial charge on any atom is -0.480 e. The van der Waals surface area contributed by atoms with Crippen LogP contribution in [-0.2, 0) is 16.1 Å². The molecule has 0 fully saturated rings. The van der Waals surface area contributed by atoms with Crippen LogP contribution in [-0.4, -0.2) is 34.3 Å². The molecule has 2 aromatic rings. The summed E-state index contributed by atoms with van der Waals surface area (Å²) in [4.78, 5) is 22.5. The van der Waals surface area contributed by atoms with Gasteiger partial charge in [0.25, 0.3) is 0 Å². The number of carbonyl (C=O) groups excluding carboxylic acids is 1. The number of hydrogen-bond donors (Lipinski definition) is 2. The molecule has 0 aliphatic rings. The maximum absolute atomic E-state index is 12.5. The monoisotopic (exact) mass is 278 g/mol. The van der Waals surface area contributed by atoms with E-state index in [0.717, 1.165) is 16.6 Å². The largest absolute Gasteiger partial charge is 0.480 e. The highest BCUT2D eigenvalue weighted by Crippen LogP contribution is 2.18. The molecule has 0 aliphatic heterocycles. The van der Waals surface area contributed by atoms with Crippen molar-refractivity contribution in [1.82, 2.24) is 9.88 Å². The smallest absolute Gasteiger partial charge is 0.328 e. The molecule has 0 aliphatic carbocycles. The van der Waals surface area contributed by atoms with E-state index in [1.807, 2.05) is 37.3 Å². The maximum Gasteiger partial charge on any atom is 0.328 e. The van der Waals surface area contributed by atoms with Gasteiger partial charge in [0.2, 0.25) is 5.91 Å². The van der Waals surface area contributed by atoms with Gasteiger partial charge in [-0.15, -0.1) is 0 Å². The molecule has 1 aromatic heterocycles. The second kappa shape index (κ2) is 5.73. The van der Waals surface area contributed by atoms with Crippen molar-refractivity contribution >= 4 is 22.8 Å². The van der Waals surface area contributed by atoms with E-state index < -0.39 is 24.6 Å². The van der Waals surface area contributed by atoms with Gasteiger partial charge in [0.1, 0.15) is 13.2 Å². The summed E-state index contributed by atoms with van der Waals surface area (Å²) >= 11 is 0. The van der Waals surface area contributed by atoms with Gasteiger partial charge in [-0.05, 0) is 24.4 Å². The van der Waals surface area contributed by atoms with Crippen LogP contribution < -0.4 is 5.32 Å². The number of nitrogens with zero attached hydrogens (tertiary/aromatic N) is 1. The molecule has 6 heteroatoms. The van der Waals surface area contributed by atoms with Gasteiger partial charge < -0.3 is 15.0 Å². The molecule has 106 valence electrons. The van der Waals surface area contributed by atoms with E-state index in [0.29, 0.717) is 0 Å². The summed E-state index contributed by atoms with van der Waals surface area (Å²) in [5.41, 5.74) is 1.76. The standard InChI is InChI=1S/C14H15FN2O3/c1-9-6-10-4-2-3-5-12(10)17(9)8-13(18)16-11(7-15)14(19)20/h2-6,11H,7-8H2,1H3,(H,16,18)(H,19,20). The second-order valence-electron chi connectivity index (χ2n) is 4.54. The van der Waals surface area contributed by atoms with E-state index >= 15 is 0 Å². The third-order valence-electron chi connectivity index (χ3n) is 3.11. The van der Waals surface area contributed by atoms with Gasteiger partial charge in [0.15, 0.2) is 6.04 Å². The third kappa shape index (κ3) is 2.79. The molecular weight excluding hydrogens is 263 g/mol. The molecule has 5 nitrogen and oxygen atoms in total. The Morgan fingerprint density at radius 2 is 2.10 bits per heavy atom. The zero-order chi connectivity index (χ0) is 14.7. The van der Waals surface area contributed by atoms with E-state index in [-0.39, 0.29) is 6.54 Å². The van der Waals surface area contributed by atoms with Crippen molar-refractivity contribution < 1.29 is 19.1 Å². The highest BCUT2D eigenvalue weighted by Gasteiger charge is 2.20. The normalized spacial score (nSPS) is 12.3. The predicted molar refractivity (Wildman–Crippen MR) is 72.2 cm³/mol. The molecule has 20 heavy (non-hydrogen) atoms. The fraction of sp³-hybridized carbons (Fsp3) is 0.286. The van der Waals surface area contributed by atoms with Crippen LogP contribution in [0.25, 0.3) is 10.9 Å². The Morgan fingerprint density at radius 1 is 1.40 bits per heavy atom. The Kier molecular flexibility index (Phi) is 4.02. The summed E-state index contributed by atoms with van der Waals surface area (Å²) in [5, 5.41) is 11.9. The maximum atomic E-state index is 12.5. The first-order chi connectivity index (χ1) is 9.52. The second-order valence-corrected chi connectivity index (χ2v) is 4.54. The molecule has 2 rings (SSSR count). The molecule has 0 saturated carbocycles. The van der Waals surface area contributed by atoms with Crippen molar-refractivity contribution in [2.24, 2.45) is 0 Å². The summed E-state index contributed by atoms with van der Waals surface area (Å²) in [7, 11) is 0. The van der Waals surface area contributed by atoms with Gasteiger partial charge in [-0.1, -0.05) is 18.2 Å². The average Bonchev–Trinajstić information content (AvgIpc) is 2.72. The number of aliphatic carboxylic acids is 1. The van der Waals surface area contributed by atoms with E-state index in [2.05, 4.69) is 5.32 Å². The molecule has 1 heterocycles. The summed E-state index contributed by atoms with van der Waals surface area (Å²) in [6, 6.07) is 8.00. The molecular formula is C14H15FN2O3. The van der Waals surface area contributed by atoms with E-state index in [4.69, 9.17) is 5.11 Å². The molecule has 2 N–H and O–H groups in total. The van der Waals surface area contributed by atoms with Crippen molar-refractivity contribution in [2.75, 3.05) is 6.67 Å². The van der Waals surface area contributed by atoms with Crippen LogP contribution >= 0.6 is 0 Å². The van der Waals surface area contributed by atoms with Crippen molar-refractivity contribution in [3.05, 3.63) is 36.0 Å². The fourth-order valence-corrected chi connectivity index (χ4v) is 2.11. The Hall–Kier alpha value is -2.37. The highest BCUT2D eigenvalue weighted by molar-refractivity contribution is 5.86. The predicted octanol–water partition coefficient (Wildman–Crippen LogP) is 1.49. The lowest BCUT2D eigenvalue weighted by atomic mass is 10.2. The van der Waals surface area contributed by atoms with Crippen LogP contribution in [0.3, 0.4) is 0 Å². The topological polar surface area (TPSA) is 71.3 Å². The van der Waals surface area contributed by atoms with Crippen molar-refractivity contribution in [3.63, 3.8) is 0 Å². The van der Waals surface area contributed by atoms with E-state index in [1.54, 1.807) is 4.57 Å². The van der Waals surface area contributed by atoms with Gasteiger partial charge >= 0.3 is 5.97 Å². The summed E-state index contributed by atoms with van der Waals surface area (Å²) in [6.07, 6.45) is 0. The van der Waals surface area contributed by atoms with Crippen molar-refractivity contribution in [2.45, 2.75) is 19.5 Å². The number of amides is 1. The number of aromatic nitrogens is 1. The molecule has 1 amide bonds. The number of alkyl halides is 1. The number of benzene rings is 1. The number of carbonyl (C=O) groups is 2. The lowest BCUT2D eigenvalue weighted by Gasteiger charge is -2.12. The van der Waals surface area contributed by atoms with Crippen LogP contribution in [0, 0.1) is 6.92 Å². The van der Waals surface area contributed by atoms with Gasteiger partial charge in [-0.2, -0.15) is 0 Å². The highest BCUT2D eigenvalue weighted by atomic mass is 19.1. The number of carboxylic acid groups (broad SMARTS) is 1. The third-order valence-corrected chi connectivity index (χ3v) is 3.11.